The second-order valence-electron chi connectivity index (χ2n) is 4.99. The number of hydrogen-bond acceptors (Lipinski definition) is 3. The quantitative estimate of drug-likeness (QED) is 0.681. The van der Waals surface area contributed by atoms with Gasteiger partial charge in [-0.3, -0.25) is 4.79 Å². The van der Waals surface area contributed by atoms with E-state index in [-0.39, 0.29) is 17.9 Å². The molecule has 1 amide bonds. The zero-order valence-electron chi connectivity index (χ0n) is 10.7. The molecule has 1 saturated carbocycles. The highest BCUT2D eigenvalue weighted by atomic mass is 16.1. The average Bonchev–Trinajstić information content (AvgIpc) is 2.88. The smallest absolute Gasteiger partial charge is 0.224 e. The Hall–Kier alpha value is -1.36. The third-order valence-corrected chi connectivity index (χ3v) is 3.60. The maximum absolute atomic E-state index is 12.0. The molecule has 1 aromatic rings. The number of H-pyrrole nitrogens is 1. The van der Waals surface area contributed by atoms with Crippen molar-refractivity contribution in [1.82, 2.24) is 15.3 Å². The van der Waals surface area contributed by atoms with Gasteiger partial charge in [0.25, 0.3) is 0 Å². The van der Waals surface area contributed by atoms with Gasteiger partial charge in [0.2, 0.25) is 5.91 Å². The van der Waals surface area contributed by atoms with Gasteiger partial charge in [0.05, 0.1) is 5.92 Å². The molecule has 1 heterocycles. The summed E-state index contributed by atoms with van der Waals surface area (Å²) >= 11 is 0. The molecule has 5 heteroatoms. The van der Waals surface area contributed by atoms with Crippen LogP contribution in [0, 0.1) is 5.92 Å². The molecule has 4 N–H and O–H groups in total. The number of amides is 1. The number of aryl methyl sites for hydroxylation is 1. The summed E-state index contributed by atoms with van der Waals surface area (Å²) in [7, 11) is 0. The van der Waals surface area contributed by atoms with Crippen LogP contribution in [0.15, 0.2) is 12.4 Å². The summed E-state index contributed by atoms with van der Waals surface area (Å²) in [6, 6.07) is 0.0452. The van der Waals surface area contributed by atoms with Crippen molar-refractivity contribution in [3.8, 4) is 0 Å². The number of carbonyl (C=O) groups is 1. The minimum atomic E-state index is 0.0161. The first-order valence-corrected chi connectivity index (χ1v) is 6.79. The van der Waals surface area contributed by atoms with Crippen LogP contribution < -0.4 is 11.1 Å². The van der Waals surface area contributed by atoms with Crippen LogP contribution in [0.5, 0.6) is 0 Å². The van der Waals surface area contributed by atoms with E-state index in [1.165, 1.54) is 0 Å². The molecule has 0 radical (unpaired) electrons. The monoisotopic (exact) mass is 250 g/mol. The third-order valence-electron chi connectivity index (χ3n) is 3.60. The molecule has 0 aliphatic heterocycles. The van der Waals surface area contributed by atoms with Gasteiger partial charge in [-0.25, -0.2) is 4.98 Å². The Kier molecular flexibility index (Phi) is 4.75. The number of nitrogens with zero attached hydrogens (tertiary/aromatic N) is 1. The van der Waals surface area contributed by atoms with Gasteiger partial charge < -0.3 is 16.0 Å². The van der Waals surface area contributed by atoms with Crippen LogP contribution >= 0.6 is 0 Å². The highest BCUT2D eigenvalue weighted by molar-refractivity contribution is 5.79. The molecule has 2 unspecified atom stereocenters. The van der Waals surface area contributed by atoms with E-state index in [4.69, 9.17) is 5.73 Å². The van der Waals surface area contributed by atoms with Crippen molar-refractivity contribution in [1.29, 1.82) is 0 Å². The van der Waals surface area contributed by atoms with Crippen LogP contribution in [0.3, 0.4) is 0 Å². The summed E-state index contributed by atoms with van der Waals surface area (Å²) in [5.74, 6) is 1.11. The number of imidazole rings is 1. The van der Waals surface area contributed by atoms with Crippen LogP contribution in [0.4, 0.5) is 0 Å². The molecular formula is C13H22N4O. The predicted molar refractivity (Wildman–Crippen MR) is 69.9 cm³/mol. The molecule has 2 rings (SSSR count). The van der Waals surface area contributed by atoms with E-state index in [1.807, 2.05) is 6.20 Å². The summed E-state index contributed by atoms with van der Waals surface area (Å²) < 4.78 is 0. The lowest BCUT2D eigenvalue weighted by Gasteiger charge is -2.27. The van der Waals surface area contributed by atoms with Crippen molar-refractivity contribution < 1.29 is 4.79 Å². The zero-order valence-corrected chi connectivity index (χ0v) is 10.7. The first kappa shape index (κ1) is 13.1. The predicted octanol–water partition coefficient (Wildman–Crippen LogP) is 0.976. The van der Waals surface area contributed by atoms with Gasteiger partial charge in [0, 0.05) is 31.4 Å². The molecule has 1 aliphatic carbocycles. The lowest BCUT2D eigenvalue weighted by atomic mass is 9.84. The Labute approximate surface area is 108 Å². The number of carbonyl (C=O) groups excluding carboxylic acids is 1. The number of rotatable bonds is 5. The van der Waals surface area contributed by atoms with E-state index in [1.54, 1.807) is 6.20 Å². The Balaban J connectivity index is 1.65. The summed E-state index contributed by atoms with van der Waals surface area (Å²) in [4.78, 5) is 19.2. The Bertz CT molecular complexity index is 363. The van der Waals surface area contributed by atoms with Crippen LogP contribution in [0.1, 0.15) is 37.9 Å². The van der Waals surface area contributed by atoms with Crippen molar-refractivity contribution in [3.63, 3.8) is 0 Å². The molecule has 0 aromatic carbocycles. The van der Waals surface area contributed by atoms with Gasteiger partial charge >= 0.3 is 0 Å². The van der Waals surface area contributed by atoms with Crippen molar-refractivity contribution in [3.05, 3.63) is 18.2 Å². The minimum Gasteiger partial charge on any atom is -0.356 e. The lowest BCUT2D eigenvalue weighted by Crippen LogP contribution is -2.43. The zero-order chi connectivity index (χ0) is 12.8. The Morgan fingerprint density at radius 3 is 3.06 bits per heavy atom. The van der Waals surface area contributed by atoms with E-state index in [2.05, 4.69) is 15.3 Å². The summed E-state index contributed by atoms with van der Waals surface area (Å²) in [6.45, 7) is 0.697. The summed E-state index contributed by atoms with van der Waals surface area (Å²) in [5, 5.41) is 2.98. The summed E-state index contributed by atoms with van der Waals surface area (Å²) in [5.41, 5.74) is 5.99. The molecule has 5 nitrogen and oxygen atoms in total. The van der Waals surface area contributed by atoms with Crippen molar-refractivity contribution in [2.75, 3.05) is 6.54 Å². The lowest BCUT2D eigenvalue weighted by molar-refractivity contribution is -0.126. The maximum atomic E-state index is 12.0. The van der Waals surface area contributed by atoms with Gasteiger partial charge in [-0.1, -0.05) is 12.8 Å². The Morgan fingerprint density at radius 2 is 2.33 bits per heavy atom. The topological polar surface area (TPSA) is 83.8 Å². The maximum Gasteiger partial charge on any atom is 0.224 e. The highest BCUT2D eigenvalue weighted by Crippen LogP contribution is 2.22. The average molecular weight is 250 g/mol. The first-order valence-electron chi connectivity index (χ1n) is 6.79. The normalized spacial score (nSPS) is 23.8. The minimum absolute atomic E-state index is 0.0161. The largest absolute Gasteiger partial charge is 0.356 e. The van der Waals surface area contributed by atoms with Gasteiger partial charge in [-0.15, -0.1) is 0 Å². The third kappa shape index (κ3) is 3.57. The first-order chi connectivity index (χ1) is 8.77. The number of hydrogen-bond donors (Lipinski definition) is 3. The molecule has 1 aromatic heterocycles. The molecule has 100 valence electrons. The number of nitrogens with two attached hydrogens (primary N) is 1. The van der Waals surface area contributed by atoms with Gasteiger partial charge in [0.15, 0.2) is 0 Å². The van der Waals surface area contributed by atoms with Gasteiger partial charge in [-0.2, -0.15) is 0 Å². The number of aromatic nitrogens is 2. The van der Waals surface area contributed by atoms with Crippen LogP contribution in [0.25, 0.3) is 0 Å². The van der Waals surface area contributed by atoms with Crippen molar-refractivity contribution >= 4 is 5.91 Å². The van der Waals surface area contributed by atoms with E-state index in [0.717, 1.165) is 44.3 Å². The van der Waals surface area contributed by atoms with Crippen LogP contribution in [0.2, 0.25) is 0 Å². The standard InChI is InChI=1S/C13H22N4O/c14-11-5-2-1-4-10(11)13(18)17-7-3-6-12-15-8-9-16-12/h8-11H,1-7,14H2,(H,15,16)(H,17,18). The molecule has 0 bridgehead atoms. The van der Waals surface area contributed by atoms with Gasteiger partial charge in [0.1, 0.15) is 5.82 Å². The Morgan fingerprint density at radius 1 is 1.50 bits per heavy atom. The molecule has 18 heavy (non-hydrogen) atoms. The van der Waals surface area contributed by atoms with E-state index >= 15 is 0 Å². The fraction of sp³-hybridized carbons (Fsp3) is 0.692. The van der Waals surface area contributed by atoms with Crippen LogP contribution in [-0.2, 0) is 11.2 Å². The highest BCUT2D eigenvalue weighted by Gasteiger charge is 2.27. The van der Waals surface area contributed by atoms with Crippen molar-refractivity contribution in [2.45, 2.75) is 44.6 Å². The fourth-order valence-electron chi connectivity index (χ4n) is 2.52. The second kappa shape index (κ2) is 6.54. The molecule has 2 atom stereocenters. The molecule has 0 spiro atoms. The number of aromatic amines is 1. The van der Waals surface area contributed by atoms with E-state index in [9.17, 15) is 4.79 Å². The molecule has 1 fully saturated rings. The fourth-order valence-corrected chi connectivity index (χ4v) is 2.52. The second-order valence-corrected chi connectivity index (χ2v) is 4.99. The molecule has 0 saturated heterocycles. The summed E-state index contributed by atoms with van der Waals surface area (Å²) in [6.07, 6.45) is 9.52. The SMILES string of the molecule is NC1CCCCC1C(=O)NCCCc1ncc[nH]1. The molecule has 1 aliphatic rings. The molecular weight excluding hydrogens is 228 g/mol. The van der Waals surface area contributed by atoms with Crippen LogP contribution in [-0.4, -0.2) is 28.5 Å². The van der Waals surface area contributed by atoms with Crippen molar-refractivity contribution in [2.24, 2.45) is 11.7 Å². The number of nitrogens with one attached hydrogen (secondary N) is 2. The van der Waals surface area contributed by atoms with E-state index < -0.39 is 0 Å². The van der Waals surface area contributed by atoms with E-state index in [0.29, 0.717) is 6.54 Å². The van der Waals surface area contributed by atoms with Gasteiger partial charge in [-0.05, 0) is 19.3 Å².